The Balaban J connectivity index is 0.000000220. The standard InChI is InChI=1S/C7H4ClIN2.C7H5ClN2.C4H4INO2/c1-11-7-3-5(9)6(10)2-4(7)8;1-10-7-3-2-5(9)4-6(7)8;5-6-3(7)1-2-4(6)8/h2-3H,10H2;2-4H,9H2;1-2H2. The van der Waals surface area contributed by atoms with E-state index in [1.54, 1.807) is 53.2 Å². The molecule has 11 heteroatoms. The highest BCUT2D eigenvalue weighted by atomic mass is 127. The number of hydrogen-bond acceptors (Lipinski definition) is 4. The molecule has 0 aromatic heterocycles. The first-order valence-electron chi connectivity index (χ1n) is 7.66. The topological polar surface area (TPSA) is 98.1 Å². The Kier molecular flexibility index (Phi) is 10.5. The molecule has 1 saturated heterocycles. The molecule has 2 amide bonds. The third-order valence-corrected chi connectivity index (χ3v) is 5.89. The zero-order chi connectivity index (χ0) is 22.1. The van der Waals surface area contributed by atoms with Gasteiger partial charge in [-0.2, -0.15) is 0 Å². The van der Waals surface area contributed by atoms with Crippen LogP contribution in [0.25, 0.3) is 9.69 Å². The van der Waals surface area contributed by atoms with Gasteiger partial charge in [0.15, 0.2) is 0 Å². The van der Waals surface area contributed by atoms with E-state index in [1.807, 2.05) is 0 Å². The summed E-state index contributed by atoms with van der Waals surface area (Å²) in [6.07, 6.45) is 0.781. The van der Waals surface area contributed by atoms with Crippen molar-refractivity contribution in [1.29, 1.82) is 0 Å². The van der Waals surface area contributed by atoms with E-state index in [4.69, 9.17) is 47.8 Å². The number of imide groups is 1. The van der Waals surface area contributed by atoms with E-state index in [-0.39, 0.29) is 11.8 Å². The largest absolute Gasteiger partial charge is 0.399 e. The van der Waals surface area contributed by atoms with Crippen LogP contribution in [0.15, 0.2) is 30.3 Å². The van der Waals surface area contributed by atoms with Crippen LogP contribution in [0.3, 0.4) is 0 Å². The first-order valence-corrected chi connectivity index (χ1v) is 10.5. The molecule has 2 aromatic rings. The molecule has 150 valence electrons. The number of anilines is 2. The van der Waals surface area contributed by atoms with Crippen molar-refractivity contribution in [2.75, 3.05) is 11.5 Å². The monoisotopic (exact) mass is 655 g/mol. The van der Waals surface area contributed by atoms with Gasteiger partial charge in [0.05, 0.1) is 36.0 Å². The maximum absolute atomic E-state index is 10.5. The van der Waals surface area contributed by atoms with Crippen molar-refractivity contribution in [2.24, 2.45) is 0 Å². The van der Waals surface area contributed by atoms with Gasteiger partial charge in [-0.25, -0.2) is 12.8 Å². The Morgan fingerprint density at radius 2 is 1.45 bits per heavy atom. The SMILES string of the molecule is O=C1CCC(=O)N1I.[C-]#[N+]c1cc(I)c(N)cc1Cl.[C-]#[N+]c1ccc(N)cc1Cl. The molecular formula is C18H13Cl2I2N5O2. The van der Waals surface area contributed by atoms with Crippen LogP contribution in [0.1, 0.15) is 12.8 Å². The maximum Gasteiger partial charge on any atom is 0.238 e. The number of benzene rings is 2. The first-order chi connectivity index (χ1) is 13.6. The van der Waals surface area contributed by atoms with Crippen molar-refractivity contribution < 1.29 is 9.59 Å². The fraction of sp³-hybridized carbons (Fsp3) is 0.111. The molecule has 7 nitrogen and oxygen atoms in total. The second-order valence-electron chi connectivity index (χ2n) is 5.33. The molecule has 0 radical (unpaired) electrons. The van der Waals surface area contributed by atoms with Crippen LogP contribution in [0.4, 0.5) is 22.7 Å². The van der Waals surface area contributed by atoms with Gasteiger partial charge in [0.1, 0.15) is 0 Å². The lowest BCUT2D eigenvalue weighted by molar-refractivity contribution is -0.130. The molecule has 0 bridgehead atoms. The summed E-state index contributed by atoms with van der Waals surface area (Å²) in [4.78, 5) is 27.4. The summed E-state index contributed by atoms with van der Waals surface area (Å²) < 4.78 is 2.00. The zero-order valence-corrected chi connectivity index (χ0v) is 20.5. The molecule has 4 N–H and O–H groups in total. The second-order valence-corrected chi connectivity index (χ2v) is 8.27. The number of nitrogen functional groups attached to an aromatic ring is 2. The lowest BCUT2D eigenvalue weighted by Gasteiger charge is -1.99. The maximum atomic E-state index is 10.5. The number of rotatable bonds is 0. The van der Waals surface area contributed by atoms with Crippen LogP contribution < -0.4 is 11.5 Å². The molecule has 0 aliphatic carbocycles. The normalized spacial score (nSPS) is 12.1. The Morgan fingerprint density at radius 1 is 0.931 bits per heavy atom. The molecule has 2 aromatic carbocycles. The van der Waals surface area contributed by atoms with Gasteiger partial charge in [-0.3, -0.25) is 9.59 Å². The summed E-state index contributed by atoms with van der Waals surface area (Å²) in [6.45, 7) is 13.4. The third-order valence-electron chi connectivity index (χ3n) is 3.27. The summed E-state index contributed by atoms with van der Waals surface area (Å²) in [5.41, 5.74) is 13.0. The highest BCUT2D eigenvalue weighted by Gasteiger charge is 2.26. The number of nitrogens with zero attached hydrogens (tertiary/aromatic N) is 3. The molecule has 0 saturated carbocycles. The number of carbonyl (C=O) groups excluding carboxylic acids is 2. The molecule has 3 rings (SSSR count). The van der Waals surface area contributed by atoms with Gasteiger partial charge in [0.25, 0.3) is 0 Å². The van der Waals surface area contributed by atoms with Crippen molar-refractivity contribution in [3.63, 3.8) is 0 Å². The van der Waals surface area contributed by atoms with Crippen molar-refractivity contribution in [2.45, 2.75) is 12.8 Å². The Labute approximate surface area is 205 Å². The molecule has 1 heterocycles. The van der Waals surface area contributed by atoms with Crippen LogP contribution in [-0.2, 0) is 9.59 Å². The highest BCUT2D eigenvalue weighted by Crippen LogP contribution is 2.30. The zero-order valence-electron chi connectivity index (χ0n) is 14.6. The van der Waals surface area contributed by atoms with E-state index in [1.165, 1.54) is 0 Å². The Morgan fingerprint density at radius 3 is 1.86 bits per heavy atom. The molecular weight excluding hydrogens is 643 g/mol. The van der Waals surface area contributed by atoms with E-state index >= 15 is 0 Å². The average molecular weight is 656 g/mol. The van der Waals surface area contributed by atoms with E-state index in [0.29, 0.717) is 45.6 Å². The minimum absolute atomic E-state index is 0.0735. The van der Waals surface area contributed by atoms with Gasteiger partial charge in [0, 0.05) is 37.8 Å². The van der Waals surface area contributed by atoms with Crippen molar-refractivity contribution in [3.05, 3.63) is 66.8 Å². The lowest BCUT2D eigenvalue weighted by Crippen LogP contribution is -2.16. The fourth-order valence-electron chi connectivity index (χ4n) is 1.80. The second kappa shape index (κ2) is 12.0. The van der Waals surface area contributed by atoms with Gasteiger partial charge < -0.3 is 11.5 Å². The molecule has 1 aliphatic heterocycles. The van der Waals surface area contributed by atoms with Crippen LogP contribution in [-0.4, -0.2) is 14.9 Å². The Hall–Kier alpha value is -1.80. The number of amides is 2. The lowest BCUT2D eigenvalue weighted by atomic mass is 10.3. The first kappa shape index (κ1) is 25.2. The van der Waals surface area contributed by atoms with Gasteiger partial charge in [0.2, 0.25) is 23.2 Å². The molecule has 29 heavy (non-hydrogen) atoms. The summed E-state index contributed by atoms with van der Waals surface area (Å²) in [6, 6.07) is 8.08. The number of hydrogen-bond donors (Lipinski definition) is 2. The summed E-state index contributed by atoms with van der Waals surface area (Å²) in [5, 5.41) is 0.827. The highest BCUT2D eigenvalue weighted by molar-refractivity contribution is 14.1. The molecule has 0 atom stereocenters. The summed E-state index contributed by atoms with van der Waals surface area (Å²) >= 11 is 15.1. The van der Waals surface area contributed by atoms with E-state index in [9.17, 15) is 9.59 Å². The molecule has 0 spiro atoms. The smallest absolute Gasteiger partial charge is 0.238 e. The fourth-order valence-corrected chi connectivity index (χ4v) is 3.18. The van der Waals surface area contributed by atoms with Crippen LogP contribution in [0, 0.1) is 16.7 Å². The van der Waals surface area contributed by atoms with Crippen LogP contribution in [0.2, 0.25) is 10.0 Å². The molecule has 1 aliphatic rings. The third kappa shape index (κ3) is 7.85. The summed E-state index contributed by atoms with van der Waals surface area (Å²) in [5.74, 6) is -0.147. The van der Waals surface area contributed by atoms with Gasteiger partial charge in [-0.05, 0) is 46.9 Å². The molecule has 1 fully saturated rings. The number of halogens is 4. The quantitative estimate of drug-likeness (QED) is 0.119. The van der Waals surface area contributed by atoms with Crippen LogP contribution in [0.5, 0.6) is 0 Å². The minimum atomic E-state index is -0.0735. The van der Waals surface area contributed by atoms with E-state index in [0.717, 1.165) is 6.68 Å². The van der Waals surface area contributed by atoms with Crippen molar-refractivity contribution >= 4 is 103 Å². The average Bonchev–Trinajstić information content (AvgIpc) is 2.97. The van der Waals surface area contributed by atoms with Gasteiger partial charge in [-0.1, -0.05) is 29.3 Å². The summed E-state index contributed by atoms with van der Waals surface area (Å²) in [7, 11) is 0. The van der Waals surface area contributed by atoms with E-state index in [2.05, 4.69) is 32.3 Å². The number of carbonyl (C=O) groups is 2. The molecule has 0 unspecified atom stereocenters. The number of nitrogens with two attached hydrogens (primary N) is 2. The van der Waals surface area contributed by atoms with Crippen LogP contribution >= 0.6 is 68.7 Å². The van der Waals surface area contributed by atoms with Crippen molar-refractivity contribution in [1.82, 2.24) is 3.11 Å². The predicted octanol–water partition coefficient (Wildman–Crippen LogP) is 6.04. The van der Waals surface area contributed by atoms with Gasteiger partial charge in [-0.15, -0.1) is 0 Å². The minimum Gasteiger partial charge on any atom is -0.399 e. The van der Waals surface area contributed by atoms with Gasteiger partial charge >= 0.3 is 0 Å². The van der Waals surface area contributed by atoms with E-state index < -0.39 is 0 Å². The Bertz CT molecular complexity index is 1000. The predicted molar refractivity (Wildman–Crippen MR) is 132 cm³/mol. The van der Waals surface area contributed by atoms with Crippen molar-refractivity contribution in [3.8, 4) is 0 Å².